The molecule has 25 heavy (non-hydrogen) atoms. The highest BCUT2D eigenvalue weighted by Gasteiger charge is 2.37. The number of carboxylic acids is 2. The maximum absolute atomic E-state index is 10.1. The molecule has 0 bridgehead atoms. The number of thioether (sulfide) groups is 1. The van der Waals surface area contributed by atoms with E-state index in [-0.39, 0.29) is 5.17 Å². The highest BCUT2D eigenvalue weighted by atomic mass is 32.2. The molecule has 4 unspecified atom stereocenters. The number of hydrogen-bond donors (Lipinski definition) is 8. The van der Waals surface area contributed by atoms with Gasteiger partial charge in [-0.3, -0.25) is 5.41 Å². The van der Waals surface area contributed by atoms with E-state index in [0.29, 0.717) is 0 Å². The van der Waals surface area contributed by atoms with Crippen molar-refractivity contribution in [2.75, 3.05) is 0 Å². The molecule has 1 rings (SSSR count). The van der Waals surface area contributed by atoms with E-state index in [1.807, 2.05) is 30.3 Å². The number of hydrogen-bond acceptors (Lipinski definition) is 8. The highest BCUT2D eigenvalue weighted by molar-refractivity contribution is 8.13. The van der Waals surface area contributed by atoms with E-state index in [2.05, 4.69) is 0 Å². The van der Waals surface area contributed by atoms with Crippen molar-refractivity contribution in [3.05, 3.63) is 35.9 Å². The number of rotatable bonds is 7. The number of nitrogens with two attached hydrogens (primary N) is 1. The van der Waals surface area contributed by atoms with Gasteiger partial charge in [-0.1, -0.05) is 42.1 Å². The Morgan fingerprint density at radius 2 is 1.36 bits per heavy atom. The molecule has 10 nitrogen and oxygen atoms in total. The summed E-state index contributed by atoms with van der Waals surface area (Å²) in [7, 11) is 0. The van der Waals surface area contributed by atoms with Crippen LogP contribution >= 0.6 is 11.8 Å². The van der Waals surface area contributed by atoms with Crippen LogP contribution in [-0.2, 0) is 15.3 Å². The van der Waals surface area contributed by atoms with Gasteiger partial charge in [0.1, 0.15) is 12.2 Å². The van der Waals surface area contributed by atoms with E-state index in [0.717, 1.165) is 5.75 Å². The number of nitrogens with one attached hydrogen (secondary N) is 1. The van der Waals surface area contributed by atoms with Crippen molar-refractivity contribution in [2.45, 2.75) is 30.2 Å². The average Bonchev–Trinajstić information content (AvgIpc) is 2.58. The minimum atomic E-state index is -2.36. The second kappa shape index (κ2) is 11.4. The van der Waals surface area contributed by atoms with Gasteiger partial charge in [-0.25, -0.2) is 9.59 Å². The average molecular weight is 376 g/mol. The fourth-order valence-corrected chi connectivity index (χ4v) is 1.92. The van der Waals surface area contributed by atoms with E-state index >= 15 is 0 Å². The van der Waals surface area contributed by atoms with Crippen molar-refractivity contribution in [1.82, 2.24) is 0 Å². The maximum atomic E-state index is 10.1. The van der Waals surface area contributed by atoms with Crippen LogP contribution in [-0.4, -0.2) is 72.2 Å². The fourth-order valence-electron chi connectivity index (χ4n) is 1.40. The molecule has 9 N–H and O–H groups in total. The van der Waals surface area contributed by atoms with E-state index in [1.54, 1.807) is 0 Å². The second-order valence-corrected chi connectivity index (χ2v) is 5.70. The van der Waals surface area contributed by atoms with E-state index < -0.39 is 36.4 Å². The summed E-state index contributed by atoms with van der Waals surface area (Å²) in [5, 5.41) is 58.6. The zero-order valence-electron chi connectivity index (χ0n) is 12.9. The molecule has 0 saturated heterocycles. The Labute approximate surface area is 147 Å². The summed E-state index contributed by atoms with van der Waals surface area (Å²) in [6, 6.07) is 9.99. The van der Waals surface area contributed by atoms with Crippen LogP contribution in [0.15, 0.2) is 30.3 Å². The minimum Gasteiger partial charge on any atom is -0.479 e. The first kappa shape index (κ1) is 22.8. The summed E-state index contributed by atoms with van der Waals surface area (Å²) in [5.74, 6) is -2.89. The molecule has 0 aliphatic heterocycles. The molecule has 1 aromatic carbocycles. The van der Waals surface area contributed by atoms with Crippen LogP contribution in [0.5, 0.6) is 0 Å². The van der Waals surface area contributed by atoms with E-state index in [4.69, 9.17) is 41.8 Å². The van der Waals surface area contributed by atoms with Gasteiger partial charge in [0.2, 0.25) is 0 Å². The zero-order chi connectivity index (χ0) is 19.6. The number of carboxylic acid groups (broad SMARTS) is 2. The van der Waals surface area contributed by atoms with E-state index in [9.17, 15) is 9.59 Å². The van der Waals surface area contributed by atoms with Gasteiger partial charge in [0.25, 0.3) is 0 Å². The first-order chi connectivity index (χ1) is 11.6. The van der Waals surface area contributed by atoms with Gasteiger partial charge in [0.15, 0.2) is 17.4 Å². The minimum absolute atomic E-state index is 0.175. The van der Waals surface area contributed by atoms with E-state index in [1.165, 1.54) is 17.3 Å². The number of aliphatic carboxylic acids is 2. The zero-order valence-corrected chi connectivity index (χ0v) is 13.7. The van der Waals surface area contributed by atoms with Crippen LogP contribution in [0.3, 0.4) is 0 Å². The number of benzene rings is 1. The molecule has 0 heterocycles. The molecular weight excluding hydrogens is 356 g/mol. The molecule has 0 spiro atoms. The molecular formula is C14H20N2O8S. The summed E-state index contributed by atoms with van der Waals surface area (Å²) < 4.78 is 0. The Balaban J connectivity index is 0.000000472. The van der Waals surface area contributed by atoms with Crippen molar-refractivity contribution in [2.24, 2.45) is 5.73 Å². The first-order valence-electron chi connectivity index (χ1n) is 6.76. The van der Waals surface area contributed by atoms with Gasteiger partial charge < -0.3 is 36.4 Å². The summed E-state index contributed by atoms with van der Waals surface area (Å²) >= 11 is 1.35. The van der Waals surface area contributed by atoms with Crippen LogP contribution in [0.25, 0.3) is 0 Å². The lowest BCUT2D eigenvalue weighted by atomic mass is 10.0. The van der Waals surface area contributed by atoms with Crippen LogP contribution in [0.2, 0.25) is 0 Å². The van der Waals surface area contributed by atoms with Crippen molar-refractivity contribution in [1.29, 1.82) is 5.41 Å². The van der Waals surface area contributed by atoms with Gasteiger partial charge in [-0.05, 0) is 5.56 Å². The fraction of sp³-hybridized carbons (Fsp3) is 0.357. The molecule has 4 atom stereocenters. The lowest BCUT2D eigenvalue weighted by Crippen LogP contribution is -2.49. The molecule has 11 heteroatoms. The third-order valence-corrected chi connectivity index (χ3v) is 3.53. The molecule has 0 aliphatic rings. The summed E-state index contributed by atoms with van der Waals surface area (Å²) in [6.07, 6.45) is -9.28. The summed E-state index contributed by atoms with van der Waals surface area (Å²) in [6.45, 7) is 0. The Morgan fingerprint density at radius 3 is 1.68 bits per heavy atom. The number of aliphatic hydroxyl groups is 4. The maximum Gasteiger partial charge on any atom is 0.335 e. The predicted molar refractivity (Wildman–Crippen MR) is 88.9 cm³/mol. The van der Waals surface area contributed by atoms with Gasteiger partial charge in [0.05, 0.1) is 0 Å². The third-order valence-electron chi connectivity index (χ3n) is 2.74. The molecule has 140 valence electrons. The summed E-state index contributed by atoms with van der Waals surface area (Å²) in [4.78, 5) is 20.2. The van der Waals surface area contributed by atoms with Crippen molar-refractivity contribution in [3.63, 3.8) is 0 Å². The quantitative estimate of drug-likeness (QED) is 0.202. The smallest absolute Gasteiger partial charge is 0.335 e. The van der Waals surface area contributed by atoms with Crippen molar-refractivity contribution >= 4 is 28.9 Å². The first-order valence-corrected chi connectivity index (χ1v) is 7.75. The summed E-state index contributed by atoms with van der Waals surface area (Å²) in [5.41, 5.74) is 6.39. The molecule has 0 saturated carbocycles. The normalized spacial score (nSPS) is 15.0. The topological polar surface area (TPSA) is 205 Å². The molecule has 0 aromatic heterocycles. The van der Waals surface area contributed by atoms with Crippen molar-refractivity contribution in [3.8, 4) is 0 Å². The monoisotopic (exact) mass is 376 g/mol. The third kappa shape index (κ3) is 9.02. The van der Waals surface area contributed by atoms with Gasteiger partial charge in [0, 0.05) is 5.75 Å². The lowest BCUT2D eigenvalue weighted by molar-refractivity contribution is -0.172. The molecule has 0 amide bonds. The Bertz CT molecular complexity index is 547. The predicted octanol–water partition coefficient (Wildman–Crippen LogP) is -1.59. The standard InChI is InChI=1S/C8H10N2S.C6H10O8/c9-8(10)11-6-7-4-2-1-3-5-7;7-1(3(9)5(11)12)2(8)4(10)6(13)14/h1-5H,6H2,(H3,9,10);1-4,7-10H,(H,11,12)(H,13,14). The Kier molecular flexibility index (Phi) is 10.4. The Morgan fingerprint density at radius 1 is 0.960 bits per heavy atom. The molecule has 1 aromatic rings. The van der Waals surface area contributed by atoms with Crippen molar-refractivity contribution < 1.29 is 40.2 Å². The molecule has 0 radical (unpaired) electrons. The van der Waals surface area contributed by atoms with Crippen LogP contribution < -0.4 is 5.73 Å². The number of carbonyl (C=O) groups is 2. The number of amidine groups is 1. The highest BCUT2D eigenvalue weighted by Crippen LogP contribution is 2.10. The van der Waals surface area contributed by atoms with Gasteiger partial charge >= 0.3 is 11.9 Å². The van der Waals surface area contributed by atoms with Gasteiger partial charge in [-0.15, -0.1) is 0 Å². The molecule has 0 aliphatic carbocycles. The second-order valence-electron chi connectivity index (χ2n) is 4.69. The SMILES string of the molecule is N=C(N)SCc1ccccc1.O=C(O)C(O)C(O)C(O)C(O)C(=O)O. The largest absolute Gasteiger partial charge is 0.479 e. The van der Waals surface area contributed by atoms with Gasteiger partial charge in [-0.2, -0.15) is 0 Å². The Hall–Kier alpha value is -2.18. The van der Waals surface area contributed by atoms with Crippen LogP contribution in [0, 0.1) is 5.41 Å². The lowest BCUT2D eigenvalue weighted by Gasteiger charge is -2.21. The molecule has 0 fully saturated rings. The van der Waals surface area contributed by atoms with Crippen LogP contribution in [0.4, 0.5) is 0 Å². The number of aliphatic hydroxyl groups excluding tert-OH is 4. The van der Waals surface area contributed by atoms with Crippen LogP contribution in [0.1, 0.15) is 5.56 Å².